The first-order chi connectivity index (χ1) is 9.10. The standard InChI is InChI=1S/C13H12ClN3O2/c1-8-6-16-11(7-15-8)13(18)17-10-5-9(14)3-4-12(10)19-2/h3-7H,1-2H3,(H,17,18). The first-order valence-corrected chi connectivity index (χ1v) is 5.91. The first-order valence-electron chi connectivity index (χ1n) is 5.53. The van der Waals surface area contributed by atoms with Crippen LogP contribution in [0.4, 0.5) is 5.69 Å². The molecule has 19 heavy (non-hydrogen) atoms. The Morgan fingerprint density at radius 1 is 1.32 bits per heavy atom. The van der Waals surface area contributed by atoms with E-state index in [4.69, 9.17) is 16.3 Å². The number of nitrogens with one attached hydrogen (secondary N) is 1. The summed E-state index contributed by atoms with van der Waals surface area (Å²) in [5.41, 5.74) is 1.46. The number of aryl methyl sites for hydroxylation is 1. The van der Waals surface area contributed by atoms with Crippen molar-refractivity contribution < 1.29 is 9.53 Å². The van der Waals surface area contributed by atoms with E-state index >= 15 is 0 Å². The van der Waals surface area contributed by atoms with Crippen molar-refractivity contribution in [1.29, 1.82) is 0 Å². The van der Waals surface area contributed by atoms with Crippen LogP contribution in [0.15, 0.2) is 30.6 Å². The number of amides is 1. The van der Waals surface area contributed by atoms with Gasteiger partial charge in [0, 0.05) is 11.2 Å². The summed E-state index contributed by atoms with van der Waals surface area (Å²) in [7, 11) is 1.52. The van der Waals surface area contributed by atoms with Crippen molar-refractivity contribution in [3.05, 3.63) is 47.0 Å². The zero-order chi connectivity index (χ0) is 13.8. The number of aromatic nitrogens is 2. The highest BCUT2D eigenvalue weighted by atomic mass is 35.5. The molecule has 6 heteroatoms. The second-order valence-corrected chi connectivity index (χ2v) is 4.28. The van der Waals surface area contributed by atoms with Gasteiger partial charge in [0.15, 0.2) is 0 Å². The third-order valence-corrected chi connectivity index (χ3v) is 2.66. The van der Waals surface area contributed by atoms with Crippen LogP contribution in [0.2, 0.25) is 5.02 Å². The highest BCUT2D eigenvalue weighted by molar-refractivity contribution is 6.31. The molecule has 0 aliphatic carbocycles. The minimum Gasteiger partial charge on any atom is -0.495 e. The van der Waals surface area contributed by atoms with Crippen LogP contribution < -0.4 is 10.1 Å². The molecular weight excluding hydrogens is 266 g/mol. The SMILES string of the molecule is COc1ccc(Cl)cc1NC(=O)c1cnc(C)cn1. The molecule has 2 rings (SSSR count). The van der Waals surface area contributed by atoms with Crippen molar-refractivity contribution in [1.82, 2.24) is 9.97 Å². The molecule has 0 aliphatic heterocycles. The Labute approximate surface area is 115 Å². The maximum Gasteiger partial charge on any atom is 0.275 e. The Hall–Kier alpha value is -2.14. The largest absolute Gasteiger partial charge is 0.495 e. The van der Waals surface area contributed by atoms with Gasteiger partial charge < -0.3 is 10.1 Å². The van der Waals surface area contributed by atoms with E-state index in [9.17, 15) is 4.79 Å². The molecule has 0 aliphatic rings. The van der Waals surface area contributed by atoms with Crippen LogP contribution in [-0.2, 0) is 0 Å². The molecule has 2 aromatic rings. The number of hydrogen-bond acceptors (Lipinski definition) is 4. The molecule has 0 bridgehead atoms. The summed E-state index contributed by atoms with van der Waals surface area (Å²) in [4.78, 5) is 20.0. The Balaban J connectivity index is 2.23. The van der Waals surface area contributed by atoms with E-state index in [1.807, 2.05) is 0 Å². The number of hydrogen-bond donors (Lipinski definition) is 1. The zero-order valence-corrected chi connectivity index (χ0v) is 11.2. The van der Waals surface area contributed by atoms with Gasteiger partial charge in [0.05, 0.1) is 24.7 Å². The molecule has 1 aromatic carbocycles. The molecular formula is C13H12ClN3O2. The second kappa shape index (κ2) is 5.67. The van der Waals surface area contributed by atoms with Crippen molar-refractivity contribution in [2.45, 2.75) is 6.92 Å². The lowest BCUT2D eigenvalue weighted by molar-refractivity contribution is 0.102. The fourth-order valence-electron chi connectivity index (χ4n) is 1.47. The van der Waals surface area contributed by atoms with E-state index in [2.05, 4.69) is 15.3 Å². The van der Waals surface area contributed by atoms with E-state index in [1.54, 1.807) is 25.1 Å². The molecule has 1 amide bonds. The average molecular weight is 278 g/mol. The van der Waals surface area contributed by atoms with Gasteiger partial charge in [-0.25, -0.2) is 4.98 Å². The lowest BCUT2D eigenvalue weighted by Crippen LogP contribution is -2.14. The average Bonchev–Trinajstić information content (AvgIpc) is 2.39. The third kappa shape index (κ3) is 3.20. The Bertz CT molecular complexity index is 599. The summed E-state index contributed by atoms with van der Waals surface area (Å²) in [5.74, 6) is 0.158. The van der Waals surface area contributed by atoms with E-state index in [1.165, 1.54) is 19.5 Å². The summed E-state index contributed by atoms with van der Waals surface area (Å²) in [6.07, 6.45) is 2.95. The molecule has 1 aromatic heterocycles. The van der Waals surface area contributed by atoms with E-state index in [-0.39, 0.29) is 11.6 Å². The number of carbonyl (C=O) groups excluding carboxylic acids is 1. The summed E-state index contributed by atoms with van der Waals surface area (Å²) < 4.78 is 5.15. The predicted molar refractivity (Wildman–Crippen MR) is 72.7 cm³/mol. The lowest BCUT2D eigenvalue weighted by Gasteiger charge is -2.10. The number of carbonyl (C=O) groups is 1. The van der Waals surface area contributed by atoms with Gasteiger partial charge in [0.2, 0.25) is 0 Å². The van der Waals surface area contributed by atoms with E-state index < -0.39 is 0 Å². The van der Waals surface area contributed by atoms with Crippen LogP contribution in [0.25, 0.3) is 0 Å². The molecule has 5 nitrogen and oxygen atoms in total. The highest BCUT2D eigenvalue weighted by Gasteiger charge is 2.11. The van der Waals surface area contributed by atoms with Gasteiger partial charge in [0.1, 0.15) is 11.4 Å². The number of methoxy groups -OCH3 is 1. The predicted octanol–water partition coefficient (Wildman–Crippen LogP) is 2.70. The van der Waals surface area contributed by atoms with Gasteiger partial charge >= 0.3 is 0 Å². The van der Waals surface area contributed by atoms with Crippen molar-refractivity contribution in [3.63, 3.8) is 0 Å². The van der Waals surface area contributed by atoms with Crippen LogP contribution in [-0.4, -0.2) is 23.0 Å². The van der Waals surface area contributed by atoms with Crippen LogP contribution >= 0.6 is 11.6 Å². The minimum absolute atomic E-state index is 0.229. The Morgan fingerprint density at radius 3 is 2.74 bits per heavy atom. The molecule has 0 spiro atoms. The molecule has 0 fully saturated rings. The van der Waals surface area contributed by atoms with Gasteiger partial charge in [-0.05, 0) is 25.1 Å². The highest BCUT2D eigenvalue weighted by Crippen LogP contribution is 2.27. The van der Waals surface area contributed by atoms with Gasteiger partial charge in [-0.1, -0.05) is 11.6 Å². The zero-order valence-electron chi connectivity index (χ0n) is 10.5. The molecule has 0 radical (unpaired) electrons. The van der Waals surface area contributed by atoms with E-state index in [0.717, 1.165) is 5.69 Å². The number of rotatable bonds is 3. The van der Waals surface area contributed by atoms with E-state index in [0.29, 0.717) is 16.5 Å². The summed E-state index contributed by atoms with van der Waals surface area (Å²) >= 11 is 5.89. The Morgan fingerprint density at radius 2 is 2.11 bits per heavy atom. The maximum atomic E-state index is 12.0. The maximum absolute atomic E-state index is 12.0. The number of benzene rings is 1. The van der Waals surface area contributed by atoms with Gasteiger partial charge in [-0.3, -0.25) is 9.78 Å². The van der Waals surface area contributed by atoms with Gasteiger partial charge in [0.25, 0.3) is 5.91 Å². The van der Waals surface area contributed by atoms with Crippen LogP contribution in [0.3, 0.4) is 0 Å². The van der Waals surface area contributed by atoms with Crippen molar-refractivity contribution in [2.75, 3.05) is 12.4 Å². The first kappa shape index (κ1) is 13.3. The number of ether oxygens (including phenoxy) is 1. The fourth-order valence-corrected chi connectivity index (χ4v) is 1.65. The fraction of sp³-hybridized carbons (Fsp3) is 0.154. The summed E-state index contributed by atoms with van der Waals surface area (Å²) in [6.45, 7) is 1.80. The molecule has 0 atom stereocenters. The number of anilines is 1. The molecule has 1 N–H and O–H groups in total. The van der Waals surface area contributed by atoms with Crippen LogP contribution in [0, 0.1) is 6.92 Å². The topological polar surface area (TPSA) is 64.1 Å². The molecule has 1 heterocycles. The normalized spacial score (nSPS) is 10.1. The second-order valence-electron chi connectivity index (χ2n) is 3.84. The molecule has 0 unspecified atom stereocenters. The molecule has 98 valence electrons. The van der Waals surface area contributed by atoms with Crippen LogP contribution in [0.5, 0.6) is 5.75 Å². The van der Waals surface area contributed by atoms with Crippen molar-refractivity contribution in [2.24, 2.45) is 0 Å². The summed E-state index contributed by atoms with van der Waals surface area (Å²) in [6, 6.07) is 4.97. The van der Waals surface area contributed by atoms with Crippen molar-refractivity contribution >= 4 is 23.2 Å². The van der Waals surface area contributed by atoms with Gasteiger partial charge in [-0.15, -0.1) is 0 Å². The smallest absolute Gasteiger partial charge is 0.275 e. The molecule has 0 saturated heterocycles. The van der Waals surface area contributed by atoms with Gasteiger partial charge in [-0.2, -0.15) is 0 Å². The van der Waals surface area contributed by atoms with Crippen LogP contribution in [0.1, 0.15) is 16.2 Å². The van der Waals surface area contributed by atoms with Crippen molar-refractivity contribution in [3.8, 4) is 5.75 Å². The lowest BCUT2D eigenvalue weighted by atomic mass is 10.2. The summed E-state index contributed by atoms with van der Waals surface area (Å²) in [5, 5.41) is 3.19. The Kier molecular flexibility index (Phi) is 3.97. The number of halogens is 1. The minimum atomic E-state index is -0.368. The third-order valence-electron chi connectivity index (χ3n) is 2.42. The quantitative estimate of drug-likeness (QED) is 0.937. The molecule has 0 saturated carbocycles. The number of nitrogens with zero attached hydrogens (tertiary/aromatic N) is 2. The monoisotopic (exact) mass is 277 g/mol.